The van der Waals surface area contributed by atoms with Crippen molar-refractivity contribution in [3.05, 3.63) is 148 Å². The van der Waals surface area contributed by atoms with Crippen molar-refractivity contribution in [2.24, 2.45) is 21.8 Å². The van der Waals surface area contributed by atoms with Gasteiger partial charge in [0.25, 0.3) is 11.8 Å². The molecule has 0 bridgehead atoms. The fourth-order valence-corrected chi connectivity index (χ4v) is 11.2. The number of carboxylic acid groups (broad SMARTS) is 2. The van der Waals surface area contributed by atoms with Gasteiger partial charge in [0.15, 0.2) is 21.7 Å². The Bertz CT molecular complexity index is 2980. The Morgan fingerprint density at radius 3 is 1.52 bits per heavy atom. The van der Waals surface area contributed by atoms with E-state index in [1.807, 2.05) is 0 Å². The maximum absolute atomic E-state index is 14.7. The van der Waals surface area contributed by atoms with Crippen LogP contribution in [0.4, 0.5) is 26.3 Å². The minimum absolute atomic E-state index is 0.0693. The molecule has 2 aromatic carbocycles. The number of likely N-dealkylation sites (tertiary alicyclic amines) is 2. The average Bonchev–Trinajstić information content (AvgIpc) is 4.08. The summed E-state index contributed by atoms with van der Waals surface area (Å²) in [5.74, 6) is -11.7. The summed E-state index contributed by atoms with van der Waals surface area (Å²) < 4.78 is 97.4. The Morgan fingerprint density at radius 2 is 1.16 bits per heavy atom. The van der Waals surface area contributed by atoms with Crippen LogP contribution in [-0.2, 0) is 28.7 Å². The van der Waals surface area contributed by atoms with Crippen LogP contribution in [0.1, 0.15) is 53.0 Å². The Balaban J connectivity index is 0.000000219. The van der Waals surface area contributed by atoms with Crippen LogP contribution >= 0.6 is 54.5 Å². The van der Waals surface area contributed by atoms with Gasteiger partial charge < -0.3 is 30.3 Å². The largest absolute Gasteiger partial charge is 0.478 e. The van der Waals surface area contributed by atoms with Crippen LogP contribution in [0.2, 0.25) is 0 Å². The molecule has 26 heteroatoms. The van der Waals surface area contributed by atoms with E-state index < -0.39 is 97.2 Å². The molecule has 0 radical (unpaired) electrons. The third kappa shape index (κ3) is 14.9. The summed E-state index contributed by atoms with van der Waals surface area (Å²) in [6, 6.07) is 6.08. The molecule has 4 unspecified atom stereocenters. The van der Waals surface area contributed by atoms with Crippen molar-refractivity contribution in [3.8, 4) is 0 Å². The van der Waals surface area contributed by atoms with Gasteiger partial charge in [-0.2, -0.15) is 0 Å². The summed E-state index contributed by atoms with van der Waals surface area (Å²) in [7, 11) is 1.20. The summed E-state index contributed by atoms with van der Waals surface area (Å²) in [6.07, 6.45) is 6.44. The molecule has 0 saturated carbocycles. The van der Waals surface area contributed by atoms with E-state index in [-0.39, 0.29) is 49.6 Å². The summed E-state index contributed by atoms with van der Waals surface area (Å²) in [5, 5.41) is 28.6. The van der Waals surface area contributed by atoms with Gasteiger partial charge in [0, 0.05) is 94.7 Å². The second-order valence-corrected chi connectivity index (χ2v) is 20.9. The van der Waals surface area contributed by atoms with Gasteiger partial charge >= 0.3 is 23.9 Å². The molecule has 0 spiro atoms. The van der Waals surface area contributed by atoms with E-state index in [1.165, 1.54) is 88.1 Å². The molecule has 2 fully saturated rings. The zero-order valence-electron chi connectivity index (χ0n) is 39.6. The molecule has 4 aliphatic heterocycles. The quantitative estimate of drug-likeness (QED) is 0.0499. The smallest absolute Gasteiger partial charge is 0.338 e. The first-order valence-electron chi connectivity index (χ1n) is 22.8. The summed E-state index contributed by atoms with van der Waals surface area (Å²) in [4.78, 5) is 69.0. The number of benzene rings is 2. The molecule has 4 N–H and O–H groups in total. The lowest BCUT2D eigenvalue weighted by Gasteiger charge is -2.38. The second-order valence-electron chi connectivity index (χ2n) is 17.4. The first kappa shape index (κ1) is 56.7. The number of alkyl halides is 4. The number of carboxylic acids is 2. The first-order valence-corrected chi connectivity index (χ1v) is 26.1. The van der Waals surface area contributed by atoms with Gasteiger partial charge in [-0.05, 0) is 54.2 Å². The number of carbonyl (C=O) groups excluding carboxylic acids is 2. The number of esters is 2. The summed E-state index contributed by atoms with van der Waals surface area (Å²) >= 11 is 9.28. The molecule has 4 atom stereocenters. The monoisotopic (exact) mass is 1210 g/mol. The number of nitrogens with one attached hydrogen (secondary N) is 2. The van der Waals surface area contributed by atoms with E-state index in [1.54, 1.807) is 30.1 Å². The number of aromatic nitrogens is 2. The third-order valence-corrected chi connectivity index (χ3v) is 14.7. The van der Waals surface area contributed by atoms with Gasteiger partial charge in [-0.1, -0.05) is 56.1 Å². The molecule has 0 amide bonds. The Hall–Kier alpha value is -6.06. The highest BCUT2D eigenvalue weighted by Gasteiger charge is 2.43. The van der Waals surface area contributed by atoms with Gasteiger partial charge in [0.2, 0.25) is 0 Å². The molecule has 4 aliphatic rings. The highest BCUT2D eigenvalue weighted by Crippen LogP contribution is 2.40. The Kier molecular flexibility index (Phi) is 18.7. The number of piperidine rings is 2. The van der Waals surface area contributed by atoms with Gasteiger partial charge in [0.05, 0.1) is 38.0 Å². The molecule has 2 saturated heterocycles. The van der Waals surface area contributed by atoms with Crippen molar-refractivity contribution < 1.29 is 65.2 Å². The van der Waals surface area contributed by atoms with Crippen LogP contribution in [0, 0.1) is 23.5 Å². The predicted octanol–water partition coefficient (Wildman–Crippen LogP) is 8.71. The topological polar surface area (TPSA) is 208 Å². The van der Waals surface area contributed by atoms with Crippen molar-refractivity contribution in [3.63, 3.8) is 0 Å². The normalized spacial score (nSPS) is 21.9. The fraction of sp³-hybridized carbons (Fsp3) is 0.347. The zero-order chi connectivity index (χ0) is 54.2. The molecule has 16 nitrogen and oxygen atoms in total. The average molecular weight is 1210 g/mol. The number of methoxy groups -OCH3 is 1. The molecule has 6 heterocycles. The minimum Gasteiger partial charge on any atom is -0.478 e. The fourth-order valence-electron chi connectivity index (χ4n) is 8.89. The molecular weight excluding hydrogens is 1170 g/mol. The van der Waals surface area contributed by atoms with Crippen LogP contribution in [0.25, 0.3) is 0 Å². The number of halogens is 8. The number of aliphatic carboxylic acids is 2. The van der Waals surface area contributed by atoms with Gasteiger partial charge in [-0.15, -0.1) is 22.7 Å². The number of ether oxygens (including phenoxy) is 2. The molecule has 75 heavy (non-hydrogen) atoms. The number of hydrogen-bond acceptors (Lipinski definition) is 16. The van der Waals surface area contributed by atoms with Crippen LogP contribution in [-0.4, -0.2) is 130 Å². The van der Waals surface area contributed by atoms with Crippen LogP contribution in [0.15, 0.2) is 125 Å². The van der Waals surface area contributed by atoms with Crippen LogP contribution in [0.5, 0.6) is 0 Å². The predicted molar refractivity (Wildman–Crippen MR) is 272 cm³/mol. The standard InChI is InChI=1S/C25H24BrF3N4O4S.C24H22BrF3N4O4S/c1-2-37-24(36)20-18(12-33-11-14(3-6-19(34)35)10-25(28,29)13-33)31-22(23-30-7-8-38-23)32-21(20)16-5-4-15(27)9-17(16)26;1-36-23(35)19-17(11-32-10-13(2-5-18(33)34)9-24(27,28)12-32)30-21(22-29-6-7-37-22)31-20(19)15-4-3-14(26)8-16(15)25/h3-9,14,21H,2,10-13H2,1H3,(H,31,32)(H,34,35);2-8,13,20H,9-12H2,1H3,(H,30,31)(H,33,34)/b6-3+;5-2+. The Morgan fingerprint density at radius 1 is 0.733 bits per heavy atom. The van der Waals surface area contributed by atoms with Crippen LogP contribution < -0.4 is 10.6 Å². The number of hydrogen-bond donors (Lipinski definition) is 4. The maximum atomic E-state index is 14.7. The van der Waals surface area contributed by atoms with E-state index in [9.17, 15) is 45.5 Å². The number of carbonyl (C=O) groups is 4. The van der Waals surface area contributed by atoms with E-state index in [4.69, 9.17) is 24.7 Å². The lowest BCUT2D eigenvalue weighted by Crippen LogP contribution is -2.49. The van der Waals surface area contributed by atoms with Gasteiger partial charge in [-0.3, -0.25) is 19.8 Å². The SMILES string of the molecule is CCOC(=O)C1=C(CN2CC(/C=C/C(=O)O)CC(F)(F)C2)NC(c2nccs2)=NC1c1ccc(F)cc1Br.COC(=O)C1=C(CN2CC(/C=C/C(=O)O)CC(F)(F)C2)NC(c2nccs2)=NC1c1ccc(F)cc1Br. The number of rotatable bonds is 15. The highest BCUT2D eigenvalue weighted by molar-refractivity contribution is 9.10. The maximum Gasteiger partial charge on any atom is 0.338 e. The molecule has 2 aromatic heterocycles. The van der Waals surface area contributed by atoms with Crippen molar-refractivity contribution in [1.82, 2.24) is 30.4 Å². The lowest BCUT2D eigenvalue weighted by atomic mass is 9.92. The molecule has 4 aromatic rings. The van der Waals surface area contributed by atoms with Crippen molar-refractivity contribution in [2.45, 2.75) is 43.7 Å². The van der Waals surface area contributed by atoms with Crippen molar-refractivity contribution in [1.29, 1.82) is 0 Å². The number of aliphatic imine (C=N–C) groups is 2. The van der Waals surface area contributed by atoms with E-state index in [0.717, 1.165) is 12.2 Å². The van der Waals surface area contributed by atoms with E-state index in [0.29, 0.717) is 47.5 Å². The van der Waals surface area contributed by atoms with Gasteiger partial charge in [0.1, 0.15) is 23.7 Å². The Labute approximate surface area is 449 Å². The second kappa shape index (κ2) is 24.7. The van der Waals surface area contributed by atoms with Gasteiger partial charge in [-0.25, -0.2) is 55.5 Å². The van der Waals surface area contributed by atoms with Crippen molar-refractivity contribution >= 4 is 90.1 Å². The lowest BCUT2D eigenvalue weighted by molar-refractivity contribution is -0.139. The summed E-state index contributed by atoms with van der Waals surface area (Å²) in [6.45, 7) is 0.645. The molecule has 8 rings (SSSR count). The summed E-state index contributed by atoms with van der Waals surface area (Å²) in [5.41, 5.74) is 1.72. The number of thiazole rings is 2. The first-order chi connectivity index (χ1) is 35.6. The van der Waals surface area contributed by atoms with E-state index >= 15 is 0 Å². The van der Waals surface area contributed by atoms with E-state index in [2.05, 4.69) is 57.5 Å². The van der Waals surface area contributed by atoms with Crippen molar-refractivity contribution in [2.75, 3.05) is 53.0 Å². The number of amidine groups is 2. The molecule has 0 aliphatic carbocycles. The number of nitrogens with zero attached hydrogens (tertiary/aromatic N) is 6. The van der Waals surface area contributed by atoms with Crippen LogP contribution in [0.3, 0.4) is 0 Å². The molecule has 398 valence electrons. The highest BCUT2D eigenvalue weighted by atomic mass is 79.9. The minimum atomic E-state index is -3.07. The third-order valence-electron chi connectivity index (χ3n) is 11.7. The zero-order valence-corrected chi connectivity index (χ0v) is 44.4. The molecular formula is C49H46Br2F6N8O8S2.